The Kier molecular flexibility index (Phi) is 3.81. The van der Waals surface area contributed by atoms with Crippen molar-refractivity contribution >= 4 is 12.0 Å². The summed E-state index contributed by atoms with van der Waals surface area (Å²) in [5.41, 5.74) is -0.127. The minimum absolute atomic E-state index is 0.179. The van der Waals surface area contributed by atoms with Gasteiger partial charge in [-0.25, -0.2) is 9.59 Å². The topological polar surface area (TPSA) is 73.5 Å². The van der Waals surface area contributed by atoms with E-state index in [9.17, 15) is 9.59 Å². The maximum Gasteiger partial charge on any atom is 0.359 e. The van der Waals surface area contributed by atoms with Gasteiger partial charge in [-0.05, 0) is 20.8 Å². The normalized spacial score (nSPS) is 10.8. The van der Waals surface area contributed by atoms with E-state index in [0.717, 1.165) is 0 Å². The second-order valence-electron chi connectivity index (χ2n) is 4.05. The quantitative estimate of drug-likeness (QED) is 0.447. The van der Waals surface area contributed by atoms with Gasteiger partial charge in [0.1, 0.15) is 0 Å². The van der Waals surface area contributed by atoms with Crippen molar-refractivity contribution in [2.24, 2.45) is 12.0 Å². The standard InChI is InChI=1S/C11H15N3O3/c1-5-17-10(16)9-8(6-14(4)13-9)11(2,3)12-7-15/h6H,5H2,1-4H3. The van der Waals surface area contributed by atoms with Crippen molar-refractivity contribution in [1.82, 2.24) is 9.78 Å². The summed E-state index contributed by atoms with van der Waals surface area (Å²) in [6.07, 6.45) is 3.15. The molecule has 0 aromatic carbocycles. The second-order valence-corrected chi connectivity index (χ2v) is 4.05. The molecule has 1 aromatic rings. The monoisotopic (exact) mass is 237 g/mol. The van der Waals surface area contributed by atoms with E-state index in [4.69, 9.17) is 4.74 Å². The molecule has 0 radical (unpaired) electrons. The summed E-state index contributed by atoms with van der Waals surface area (Å²) in [6, 6.07) is 0. The van der Waals surface area contributed by atoms with E-state index in [0.29, 0.717) is 5.56 Å². The average molecular weight is 237 g/mol. The largest absolute Gasteiger partial charge is 0.461 e. The van der Waals surface area contributed by atoms with Gasteiger partial charge in [0.25, 0.3) is 0 Å². The summed E-state index contributed by atoms with van der Waals surface area (Å²) < 4.78 is 6.39. The van der Waals surface area contributed by atoms with E-state index in [1.165, 1.54) is 10.8 Å². The van der Waals surface area contributed by atoms with E-state index in [2.05, 4.69) is 10.1 Å². The highest BCUT2D eigenvalue weighted by atomic mass is 16.5. The van der Waals surface area contributed by atoms with Crippen LogP contribution in [-0.2, 0) is 22.1 Å². The predicted molar refractivity (Wildman–Crippen MR) is 60.3 cm³/mol. The number of carbonyl (C=O) groups is 1. The number of hydrogen-bond acceptors (Lipinski definition) is 5. The molecule has 0 fully saturated rings. The van der Waals surface area contributed by atoms with Crippen molar-refractivity contribution in [3.05, 3.63) is 17.5 Å². The first-order valence-corrected chi connectivity index (χ1v) is 5.22. The number of carbonyl (C=O) groups excluding carboxylic acids is 2. The number of hydrogen-bond donors (Lipinski definition) is 0. The first-order chi connectivity index (χ1) is 7.92. The molecule has 0 saturated carbocycles. The van der Waals surface area contributed by atoms with Gasteiger partial charge in [-0.15, -0.1) is 0 Å². The molecule has 92 valence electrons. The lowest BCUT2D eigenvalue weighted by Crippen LogP contribution is -2.18. The fourth-order valence-electron chi connectivity index (χ4n) is 1.46. The van der Waals surface area contributed by atoms with Crippen LogP contribution in [0.25, 0.3) is 0 Å². The van der Waals surface area contributed by atoms with Gasteiger partial charge >= 0.3 is 5.97 Å². The molecule has 1 rings (SSSR count). The van der Waals surface area contributed by atoms with Crippen LogP contribution in [0.15, 0.2) is 11.2 Å². The molecule has 6 nitrogen and oxygen atoms in total. The van der Waals surface area contributed by atoms with E-state index in [-0.39, 0.29) is 12.3 Å². The highest BCUT2D eigenvalue weighted by molar-refractivity contribution is 5.89. The second kappa shape index (κ2) is 4.93. The first-order valence-electron chi connectivity index (χ1n) is 5.22. The van der Waals surface area contributed by atoms with Crippen molar-refractivity contribution in [2.75, 3.05) is 6.61 Å². The number of aromatic nitrogens is 2. The summed E-state index contributed by atoms with van der Waals surface area (Å²) in [5.74, 6) is -0.516. The third kappa shape index (κ3) is 2.79. The molecular formula is C11H15N3O3. The molecule has 0 unspecified atom stereocenters. The molecule has 0 bridgehead atoms. The van der Waals surface area contributed by atoms with Crippen LogP contribution in [0.4, 0.5) is 0 Å². The smallest absolute Gasteiger partial charge is 0.359 e. The SMILES string of the molecule is CCOC(=O)c1nn(C)cc1C(C)(C)N=C=O. The number of aliphatic imine (C=N–C) groups is 1. The number of isocyanates is 1. The number of rotatable bonds is 4. The molecule has 0 aliphatic carbocycles. The van der Waals surface area contributed by atoms with Gasteiger partial charge in [-0.3, -0.25) is 4.68 Å². The van der Waals surface area contributed by atoms with Crippen molar-refractivity contribution in [2.45, 2.75) is 26.3 Å². The van der Waals surface area contributed by atoms with Gasteiger partial charge in [0.2, 0.25) is 6.08 Å². The lowest BCUT2D eigenvalue weighted by molar-refractivity contribution is 0.0515. The molecule has 0 saturated heterocycles. The predicted octanol–water partition coefficient (Wildman–Crippen LogP) is 1.17. The fourth-order valence-corrected chi connectivity index (χ4v) is 1.46. The Morgan fingerprint density at radius 3 is 2.82 bits per heavy atom. The Hall–Kier alpha value is -1.94. The molecule has 17 heavy (non-hydrogen) atoms. The number of nitrogens with zero attached hydrogens (tertiary/aromatic N) is 3. The van der Waals surface area contributed by atoms with Crippen molar-refractivity contribution in [3.63, 3.8) is 0 Å². The molecule has 0 spiro atoms. The van der Waals surface area contributed by atoms with Crippen molar-refractivity contribution < 1.29 is 14.3 Å². The van der Waals surface area contributed by atoms with Crippen LogP contribution in [0.2, 0.25) is 0 Å². The van der Waals surface area contributed by atoms with Crippen LogP contribution in [0.1, 0.15) is 36.8 Å². The zero-order valence-electron chi connectivity index (χ0n) is 10.4. The Morgan fingerprint density at radius 1 is 1.65 bits per heavy atom. The summed E-state index contributed by atoms with van der Waals surface area (Å²) in [5, 5.41) is 4.03. The Labute approximate surface area is 99.3 Å². The number of ether oxygens (including phenoxy) is 1. The Balaban J connectivity index is 3.24. The number of esters is 1. The molecule has 6 heteroatoms. The maximum absolute atomic E-state index is 11.7. The fraction of sp³-hybridized carbons (Fsp3) is 0.545. The maximum atomic E-state index is 11.7. The third-order valence-corrected chi connectivity index (χ3v) is 2.28. The number of aryl methyl sites for hydroxylation is 1. The van der Waals surface area contributed by atoms with Crippen molar-refractivity contribution in [3.8, 4) is 0 Å². The highest BCUT2D eigenvalue weighted by Gasteiger charge is 2.29. The lowest BCUT2D eigenvalue weighted by atomic mass is 9.96. The summed E-state index contributed by atoms with van der Waals surface area (Å²) in [4.78, 5) is 25.7. The van der Waals surface area contributed by atoms with Crippen LogP contribution in [0, 0.1) is 0 Å². The molecule has 1 aromatic heterocycles. The first kappa shape index (κ1) is 13.1. The summed E-state index contributed by atoms with van der Waals surface area (Å²) in [7, 11) is 1.69. The zero-order valence-corrected chi connectivity index (χ0v) is 10.4. The van der Waals surface area contributed by atoms with E-state index < -0.39 is 11.5 Å². The van der Waals surface area contributed by atoms with Crippen LogP contribution in [0.3, 0.4) is 0 Å². The van der Waals surface area contributed by atoms with Gasteiger partial charge in [0.15, 0.2) is 5.69 Å². The molecule has 0 aliphatic rings. The van der Waals surface area contributed by atoms with Crippen LogP contribution >= 0.6 is 0 Å². The molecule has 0 aliphatic heterocycles. The molecule has 0 atom stereocenters. The van der Waals surface area contributed by atoms with Gasteiger partial charge < -0.3 is 4.74 Å². The summed E-state index contributed by atoms with van der Waals surface area (Å²) >= 11 is 0. The molecular weight excluding hydrogens is 222 g/mol. The lowest BCUT2D eigenvalue weighted by Gasteiger charge is -2.16. The summed E-state index contributed by atoms with van der Waals surface area (Å²) in [6.45, 7) is 5.40. The zero-order chi connectivity index (χ0) is 13.1. The van der Waals surface area contributed by atoms with Crippen LogP contribution in [-0.4, -0.2) is 28.4 Å². The minimum Gasteiger partial charge on any atom is -0.461 e. The van der Waals surface area contributed by atoms with Crippen LogP contribution < -0.4 is 0 Å². The van der Waals surface area contributed by atoms with Gasteiger partial charge in [-0.1, -0.05) is 0 Å². The van der Waals surface area contributed by atoms with Gasteiger partial charge in [0.05, 0.1) is 12.1 Å². The van der Waals surface area contributed by atoms with Gasteiger partial charge in [-0.2, -0.15) is 10.1 Å². The van der Waals surface area contributed by atoms with E-state index in [1.54, 1.807) is 34.0 Å². The van der Waals surface area contributed by atoms with Crippen molar-refractivity contribution in [1.29, 1.82) is 0 Å². The molecule has 0 amide bonds. The Morgan fingerprint density at radius 2 is 2.29 bits per heavy atom. The third-order valence-electron chi connectivity index (χ3n) is 2.28. The van der Waals surface area contributed by atoms with E-state index >= 15 is 0 Å². The van der Waals surface area contributed by atoms with Gasteiger partial charge in [0, 0.05) is 18.8 Å². The average Bonchev–Trinajstić information content (AvgIpc) is 2.61. The van der Waals surface area contributed by atoms with Crippen LogP contribution in [0.5, 0.6) is 0 Å². The highest BCUT2D eigenvalue weighted by Crippen LogP contribution is 2.27. The molecule has 0 N–H and O–H groups in total. The van der Waals surface area contributed by atoms with E-state index in [1.807, 2.05) is 0 Å². The Bertz CT molecular complexity index is 470. The minimum atomic E-state index is -0.849. The molecule has 1 heterocycles.